The molecule has 3 nitrogen and oxygen atoms in total. The van der Waals surface area contributed by atoms with Gasteiger partial charge in [-0.3, -0.25) is 0 Å². The molecule has 0 aromatic carbocycles. The van der Waals surface area contributed by atoms with Gasteiger partial charge in [0.1, 0.15) is 0 Å². The molecule has 3 N–H and O–H groups in total. The summed E-state index contributed by atoms with van der Waals surface area (Å²) >= 11 is 0. The standard InChI is InChI=1S/C27H36F6O3/c1-23-9-2-4-18(6-5-17-14-19(34)16-20(35)15-17)21(23)7-8-22(23)24(12-13-24)10-3-11-25(36,26(28,29)30)27(31,32)33/h3,5-6,11,19-22,34-36H,2,4,7-10,12-16H2,1H3/b11-3+,18-6+/t19-,20-,21+,22+,23+/m1/s1. The highest BCUT2D eigenvalue weighted by Crippen LogP contribution is 2.69. The van der Waals surface area contributed by atoms with Crippen LogP contribution in [0.2, 0.25) is 0 Å². The smallest absolute Gasteiger partial charge is 0.393 e. The first-order valence-electron chi connectivity index (χ1n) is 12.9. The SMILES string of the molecule is C[C@]12CCC/C(=C\C=C3C[C@@H](O)C[C@H](O)C3)[C@@H]1CC[C@@H]2C1(C/C=C/C(O)(C(F)(F)F)C(F)(F)F)CC1. The number of alkyl halides is 6. The molecule has 9 heteroatoms. The zero-order chi connectivity index (χ0) is 26.6. The molecule has 0 saturated heterocycles. The van der Waals surface area contributed by atoms with E-state index < -0.39 is 30.2 Å². The Labute approximate surface area is 208 Å². The molecule has 0 spiro atoms. The summed E-state index contributed by atoms with van der Waals surface area (Å²) in [4.78, 5) is 0. The second kappa shape index (κ2) is 9.45. The summed E-state index contributed by atoms with van der Waals surface area (Å²) in [5.41, 5.74) is -2.92. The summed E-state index contributed by atoms with van der Waals surface area (Å²) in [7, 11) is 0. The minimum atomic E-state index is -5.84. The zero-order valence-corrected chi connectivity index (χ0v) is 20.5. The van der Waals surface area contributed by atoms with E-state index in [1.807, 2.05) is 6.08 Å². The van der Waals surface area contributed by atoms with Crippen LogP contribution in [-0.4, -0.2) is 45.5 Å². The molecule has 0 bridgehead atoms. The molecule has 4 aliphatic carbocycles. The van der Waals surface area contributed by atoms with Gasteiger partial charge in [-0.2, -0.15) is 26.3 Å². The van der Waals surface area contributed by atoms with Crippen LogP contribution in [0, 0.1) is 22.7 Å². The highest BCUT2D eigenvalue weighted by Gasteiger charge is 2.69. The fraction of sp³-hybridized carbons (Fsp3) is 0.778. The van der Waals surface area contributed by atoms with Gasteiger partial charge in [0.05, 0.1) is 12.2 Å². The third-order valence-electron chi connectivity index (χ3n) is 9.42. The molecule has 4 rings (SSSR count). The zero-order valence-electron chi connectivity index (χ0n) is 20.5. The lowest BCUT2D eigenvalue weighted by atomic mass is 9.59. The largest absolute Gasteiger partial charge is 0.429 e. The van der Waals surface area contributed by atoms with Crippen LogP contribution in [0.1, 0.15) is 77.6 Å². The molecule has 0 amide bonds. The second-order valence-electron chi connectivity index (χ2n) is 11.8. The lowest BCUT2D eigenvalue weighted by molar-refractivity contribution is -0.347. The molecule has 0 unspecified atom stereocenters. The minimum absolute atomic E-state index is 0.0805. The van der Waals surface area contributed by atoms with Crippen LogP contribution in [0.3, 0.4) is 0 Å². The van der Waals surface area contributed by atoms with Crippen LogP contribution in [0.5, 0.6) is 0 Å². The Kier molecular flexibility index (Phi) is 7.28. The van der Waals surface area contributed by atoms with Gasteiger partial charge >= 0.3 is 12.4 Å². The van der Waals surface area contributed by atoms with E-state index in [-0.39, 0.29) is 29.2 Å². The number of hydrogen-bond donors (Lipinski definition) is 3. The van der Waals surface area contributed by atoms with Crippen molar-refractivity contribution in [3.8, 4) is 0 Å². The third-order valence-corrected chi connectivity index (χ3v) is 9.42. The van der Waals surface area contributed by atoms with Crippen LogP contribution >= 0.6 is 0 Å². The highest BCUT2D eigenvalue weighted by atomic mass is 19.4. The Balaban J connectivity index is 1.50. The van der Waals surface area contributed by atoms with E-state index in [1.165, 1.54) is 5.57 Å². The first-order chi connectivity index (χ1) is 16.6. The Morgan fingerprint density at radius 2 is 1.53 bits per heavy atom. The number of hydrogen-bond acceptors (Lipinski definition) is 3. The maximum Gasteiger partial charge on any atom is 0.429 e. The van der Waals surface area contributed by atoms with Gasteiger partial charge in [0.2, 0.25) is 0 Å². The monoisotopic (exact) mass is 522 g/mol. The number of fused-ring (bicyclic) bond motifs is 1. The van der Waals surface area contributed by atoms with Crippen molar-refractivity contribution in [1.82, 2.24) is 0 Å². The van der Waals surface area contributed by atoms with Crippen molar-refractivity contribution in [2.24, 2.45) is 22.7 Å². The molecule has 4 saturated carbocycles. The van der Waals surface area contributed by atoms with Gasteiger partial charge < -0.3 is 15.3 Å². The van der Waals surface area contributed by atoms with Crippen molar-refractivity contribution < 1.29 is 41.7 Å². The fourth-order valence-corrected chi connectivity index (χ4v) is 7.45. The summed E-state index contributed by atoms with van der Waals surface area (Å²) in [5.74, 6) is 0.495. The van der Waals surface area contributed by atoms with E-state index in [4.69, 9.17) is 0 Å². The van der Waals surface area contributed by atoms with E-state index >= 15 is 0 Å². The first kappa shape index (κ1) is 27.7. The van der Waals surface area contributed by atoms with Crippen molar-refractivity contribution >= 4 is 0 Å². The van der Waals surface area contributed by atoms with Crippen molar-refractivity contribution in [2.45, 2.75) is 108 Å². The van der Waals surface area contributed by atoms with Gasteiger partial charge in [-0.25, -0.2) is 0 Å². The summed E-state index contributed by atoms with van der Waals surface area (Å²) in [5, 5.41) is 29.4. The normalized spacial score (nSPS) is 36.4. The van der Waals surface area contributed by atoms with Crippen LogP contribution in [0.4, 0.5) is 26.3 Å². The van der Waals surface area contributed by atoms with Gasteiger partial charge in [0.15, 0.2) is 0 Å². The van der Waals surface area contributed by atoms with Gasteiger partial charge in [-0.1, -0.05) is 36.3 Å². The van der Waals surface area contributed by atoms with E-state index in [0.29, 0.717) is 25.2 Å². The molecule has 36 heavy (non-hydrogen) atoms. The number of aliphatic hydroxyl groups is 3. The number of aliphatic hydroxyl groups excluding tert-OH is 2. The number of rotatable bonds is 5. The van der Waals surface area contributed by atoms with Crippen LogP contribution in [-0.2, 0) is 0 Å². The van der Waals surface area contributed by atoms with E-state index in [2.05, 4.69) is 13.0 Å². The molecule has 0 radical (unpaired) electrons. The van der Waals surface area contributed by atoms with Gasteiger partial charge in [-0.05, 0) is 99.4 Å². The second-order valence-corrected chi connectivity index (χ2v) is 11.8. The molecule has 4 aliphatic rings. The van der Waals surface area contributed by atoms with Gasteiger partial charge in [0, 0.05) is 0 Å². The van der Waals surface area contributed by atoms with E-state index in [0.717, 1.165) is 56.6 Å². The first-order valence-corrected chi connectivity index (χ1v) is 12.9. The number of allylic oxidation sites excluding steroid dienone is 4. The summed E-state index contributed by atoms with van der Waals surface area (Å²) in [6.07, 6.45) is -0.0501. The summed E-state index contributed by atoms with van der Waals surface area (Å²) in [6.45, 7) is 2.22. The maximum absolute atomic E-state index is 13.1. The van der Waals surface area contributed by atoms with Crippen LogP contribution in [0.25, 0.3) is 0 Å². The van der Waals surface area contributed by atoms with Crippen molar-refractivity contribution in [1.29, 1.82) is 0 Å². The predicted molar refractivity (Wildman–Crippen MR) is 123 cm³/mol. The fourth-order valence-electron chi connectivity index (χ4n) is 7.45. The predicted octanol–water partition coefficient (Wildman–Crippen LogP) is 6.54. The molecule has 5 atom stereocenters. The molecule has 4 fully saturated rings. The summed E-state index contributed by atoms with van der Waals surface area (Å²) in [6, 6.07) is 0. The van der Waals surface area contributed by atoms with Gasteiger partial charge in [-0.15, -0.1) is 0 Å². The van der Waals surface area contributed by atoms with Gasteiger partial charge in [0.25, 0.3) is 5.60 Å². The highest BCUT2D eigenvalue weighted by molar-refractivity contribution is 5.27. The number of halogens is 6. The van der Waals surface area contributed by atoms with Crippen molar-refractivity contribution in [3.63, 3.8) is 0 Å². The average Bonchev–Trinajstić information content (AvgIpc) is 3.42. The Hall–Kier alpha value is -1.32. The van der Waals surface area contributed by atoms with E-state index in [9.17, 15) is 41.7 Å². The van der Waals surface area contributed by atoms with Crippen LogP contribution in [0.15, 0.2) is 35.5 Å². The average molecular weight is 523 g/mol. The molecule has 0 aromatic heterocycles. The Morgan fingerprint density at radius 1 is 0.917 bits per heavy atom. The van der Waals surface area contributed by atoms with Crippen molar-refractivity contribution in [2.75, 3.05) is 0 Å². The molecular formula is C27H36F6O3. The molecule has 0 heterocycles. The Bertz CT molecular complexity index is 887. The molecule has 0 aromatic rings. The molecular weight excluding hydrogens is 486 g/mol. The molecule has 204 valence electrons. The van der Waals surface area contributed by atoms with E-state index in [1.54, 1.807) is 0 Å². The lowest BCUT2D eigenvalue weighted by Crippen LogP contribution is -2.55. The lowest BCUT2D eigenvalue weighted by Gasteiger charge is -2.45. The minimum Gasteiger partial charge on any atom is -0.393 e. The topological polar surface area (TPSA) is 60.7 Å². The quantitative estimate of drug-likeness (QED) is 0.284. The summed E-state index contributed by atoms with van der Waals surface area (Å²) < 4.78 is 78.3. The molecule has 0 aliphatic heterocycles. The maximum atomic E-state index is 13.1. The van der Waals surface area contributed by atoms with Crippen LogP contribution < -0.4 is 0 Å². The Morgan fingerprint density at radius 3 is 2.08 bits per heavy atom. The third kappa shape index (κ3) is 5.04. The van der Waals surface area contributed by atoms with Crippen molar-refractivity contribution in [3.05, 3.63) is 35.5 Å².